The quantitative estimate of drug-likeness (QED) is 0.709. The lowest BCUT2D eigenvalue weighted by molar-refractivity contribution is 0.259. The van der Waals surface area contributed by atoms with Crippen molar-refractivity contribution < 1.29 is 0 Å². The molecule has 0 saturated heterocycles. The van der Waals surface area contributed by atoms with E-state index in [9.17, 15) is 0 Å². The van der Waals surface area contributed by atoms with Gasteiger partial charge in [-0.3, -0.25) is 4.90 Å². The fraction of sp³-hybridized carbons (Fsp3) is 0.294. The molecular formula is C17H20ClN. The first-order chi connectivity index (χ1) is 9.24. The summed E-state index contributed by atoms with van der Waals surface area (Å²) >= 11 is 6.16. The van der Waals surface area contributed by atoms with Crippen molar-refractivity contribution in [2.45, 2.75) is 25.4 Å². The van der Waals surface area contributed by atoms with Crippen molar-refractivity contribution >= 4 is 11.6 Å². The number of alkyl halides is 1. The minimum atomic E-state index is 0.160. The van der Waals surface area contributed by atoms with Crippen LogP contribution < -0.4 is 0 Å². The lowest BCUT2D eigenvalue weighted by Gasteiger charge is -2.23. The van der Waals surface area contributed by atoms with E-state index in [1.165, 1.54) is 11.1 Å². The molecular weight excluding hydrogens is 254 g/mol. The summed E-state index contributed by atoms with van der Waals surface area (Å²) in [7, 11) is 0. The molecule has 2 aromatic rings. The zero-order chi connectivity index (χ0) is 13.5. The summed E-state index contributed by atoms with van der Waals surface area (Å²) in [5, 5.41) is 0.160. The van der Waals surface area contributed by atoms with Crippen LogP contribution in [0.5, 0.6) is 0 Å². The third kappa shape index (κ3) is 5.06. The zero-order valence-electron chi connectivity index (χ0n) is 11.3. The van der Waals surface area contributed by atoms with Crippen LogP contribution >= 0.6 is 11.6 Å². The van der Waals surface area contributed by atoms with E-state index in [0.29, 0.717) is 0 Å². The lowest BCUT2D eigenvalue weighted by Crippen LogP contribution is -2.28. The Bertz CT molecular complexity index is 426. The van der Waals surface area contributed by atoms with Gasteiger partial charge in [-0.2, -0.15) is 0 Å². The second kappa shape index (κ2) is 7.32. The van der Waals surface area contributed by atoms with Gasteiger partial charge in [0.2, 0.25) is 0 Å². The smallest absolute Gasteiger partial charge is 0.0435 e. The maximum absolute atomic E-state index is 6.16. The number of rotatable bonds is 6. The first-order valence-electron chi connectivity index (χ1n) is 6.68. The van der Waals surface area contributed by atoms with Gasteiger partial charge in [0.25, 0.3) is 0 Å². The first kappa shape index (κ1) is 14.1. The van der Waals surface area contributed by atoms with Crippen LogP contribution in [0.3, 0.4) is 0 Å². The minimum Gasteiger partial charge on any atom is -0.293 e. The number of benzene rings is 2. The summed E-state index contributed by atoms with van der Waals surface area (Å²) in [5.41, 5.74) is 2.66. The molecule has 0 spiro atoms. The molecule has 0 amide bonds. The van der Waals surface area contributed by atoms with Crippen molar-refractivity contribution in [2.24, 2.45) is 0 Å². The first-order valence-corrected chi connectivity index (χ1v) is 7.12. The average molecular weight is 274 g/mol. The summed E-state index contributed by atoms with van der Waals surface area (Å²) in [6.45, 7) is 4.81. The van der Waals surface area contributed by atoms with Gasteiger partial charge in [0.05, 0.1) is 0 Å². The Morgan fingerprint density at radius 1 is 0.842 bits per heavy atom. The van der Waals surface area contributed by atoms with Crippen molar-refractivity contribution in [1.82, 2.24) is 4.90 Å². The van der Waals surface area contributed by atoms with Crippen molar-refractivity contribution in [3.63, 3.8) is 0 Å². The highest BCUT2D eigenvalue weighted by molar-refractivity contribution is 6.20. The highest BCUT2D eigenvalue weighted by Crippen LogP contribution is 2.11. The normalized spacial score (nSPS) is 12.6. The predicted molar refractivity (Wildman–Crippen MR) is 82.3 cm³/mol. The van der Waals surface area contributed by atoms with Crippen LogP contribution in [0.4, 0.5) is 0 Å². The van der Waals surface area contributed by atoms with Crippen LogP contribution in [0.15, 0.2) is 60.7 Å². The third-order valence-corrected chi connectivity index (χ3v) is 3.15. The van der Waals surface area contributed by atoms with E-state index in [2.05, 4.69) is 65.6 Å². The Balaban J connectivity index is 2.03. The molecule has 2 aromatic carbocycles. The molecule has 0 saturated carbocycles. The number of halogens is 1. The Morgan fingerprint density at radius 3 is 1.63 bits per heavy atom. The van der Waals surface area contributed by atoms with Crippen LogP contribution in [0.25, 0.3) is 0 Å². The van der Waals surface area contributed by atoms with Gasteiger partial charge in [0, 0.05) is 25.0 Å². The second-order valence-electron chi connectivity index (χ2n) is 4.92. The van der Waals surface area contributed by atoms with Crippen molar-refractivity contribution in [3.05, 3.63) is 71.8 Å². The van der Waals surface area contributed by atoms with Gasteiger partial charge in [-0.15, -0.1) is 11.6 Å². The Kier molecular flexibility index (Phi) is 5.44. The number of hydrogen-bond donors (Lipinski definition) is 0. The SMILES string of the molecule is C[C@@H](Cl)CN(Cc1ccccc1)Cc1ccccc1. The largest absolute Gasteiger partial charge is 0.293 e. The molecule has 0 aliphatic heterocycles. The molecule has 19 heavy (non-hydrogen) atoms. The van der Waals surface area contributed by atoms with Crippen molar-refractivity contribution in [3.8, 4) is 0 Å². The predicted octanol–water partition coefficient (Wildman–Crippen LogP) is 4.32. The highest BCUT2D eigenvalue weighted by Gasteiger charge is 2.09. The highest BCUT2D eigenvalue weighted by atomic mass is 35.5. The fourth-order valence-corrected chi connectivity index (χ4v) is 2.42. The van der Waals surface area contributed by atoms with Gasteiger partial charge in [0.1, 0.15) is 0 Å². The standard InChI is InChI=1S/C17H20ClN/c1-15(18)12-19(13-16-8-4-2-5-9-16)14-17-10-6-3-7-11-17/h2-11,15H,12-14H2,1H3/t15-/m1/s1. The molecule has 0 radical (unpaired) electrons. The van der Waals surface area contributed by atoms with Crippen molar-refractivity contribution in [2.75, 3.05) is 6.54 Å². The van der Waals surface area contributed by atoms with Gasteiger partial charge in [-0.05, 0) is 18.1 Å². The molecule has 1 atom stereocenters. The minimum absolute atomic E-state index is 0.160. The lowest BCUT2D eigenvalue weighted by atomic mass is 10.1. The number of nitrogens with zero attached hydrogens (tertiary/aromatic N) is 1. The van der Waals surface area contributed by atoms with Crippen LogP contribution in [0.2, 0.25) is 0 Å². The monoisotopic (exact) mass is 273 g/mol. The zero-order valence-corrected chi connectivity index (χ0v) is 12.1. The van der Waals surface area contributed by atoms with Crippen LogP contribution in [0.1, 0.15) is 18.1 Å². The molecule has 0 aromatic heterocycles. The average Bonchev–Trinajstić information content (AvgIpc) is 2.40. The molecule has 2 heteroatoms. The molecule has 0 bridgehead atoms. The Morgan fingerprint density at radius 2 is 1.26 bits per heavy atom. The van der Waals surface area contributed by atoms with E-state index in [4.69, 9.17) is 11.6 Å². The molecule has 0 aliphatic rings. The summed E-state index contributed by atoms with van der Waals surface area (Å²) in [6, 6.07) is 21.1. The van der Waals surface area contributed by atoms with Crippen LogP contribution in [-0.2, 0) is 13.1 Å². The van der Waals surface area contributed by atoms with E-state index < -0.39 is 0 Å². The fourth-order valence-electron chi connectivity index (χ4n) is 2.22. The Hall–Kier alpha value is -1.31. The van der Waals surface area contributed by atoms with E-state index in [1.54, 1.807) is 0 Å². The van der Waals surface area contributed by atoms with Gasteiger partial charge in [-0.1, -0.05) is 60.7 Å². The van der Waals surface area contributed by atoms with E-state index in [1.807, 2.05) is 6.92 Å². The summed E-state index contributed by atoms with van der Waals surface area (Å²) in [6.07, 6.45) is 0. The van der Waals surface area contributed by atoms with Gasteiger partial charge >= 0.3 is 0 Å². The van der Waals surface area contributed by atoms with Gasteiger partial charge < -0.3 is 0 Å². The Labute approximate surface area is 120 Å². The number of hydrogen-bond acceptors (Lipinski definition) is 1. The van der Waals surface area contributed by atoms with Crippen molar-refractivity contribution in [1.29, 1.82) is 0 Å². The molecule has 2 rings (SSSR count). The maximum Gasteiger partial charge on any atom is 0.0435 e. The molecule has 0 heterocycles. The maximum atomic E-state index is 6.16. The molecule has 1 nitrogen and oxygen atoms in total. The molecule has 0 fully saturated rings. The molecule has 100 valence electrons. The summed E-state index contributed by atoms with van der Waals surface area (Å²) in [5.74, 6) is 0. The topological polar surface area (TPSA) is 3.24 Å². The second-order valence-corrected chi connectivity index (χ2v) is 5.67. The molecule has 0 unspecified atom stereocenters. The third-order valence-electron chi connectivity index (χ3n) is 3.01. The van der Waals surface area contributed by atoms with E-state index >= 15 is 0 Å². The molecule has 0 N–H and O–H groups in total. The summed E-state index contributed by atoms with van der Waals surface area (Å²) in [4.78, 5) is 2.39. The van der Waals surface area contributed by atoms with Crippen LogP contribution in [-0.4, -0.2) is 16.8 Å². The van der Waals surface area contributed by atoms with Gasteiger partial charge in [-0.25, -0.2) is 0 Å². The van der Waals surface area contributed by atoms with Gasteiger partial charge in [0.15, 0.2) is 0 Å². The molecule has 0 aliphatic carbocycles. The van der Waals surface area contributed by atoms with Crippen LogP contribution in [0, 0.1) is 0 Å². The summed E-state index contributed by atoms with van der Waals surface area (Å²) < 4.78 is 0. The van der Waals surface area contributed by atoms with E-state index in [-0.39, 0.29) is 5.38 Å². The van der Waals surface area contributed by atoms with E-state index in [0.717, 1.165) is 19.6 Å².